The van der Waals surface area contributed by atoms with Gasteiger partial charge < -0.3 is 4.74 Å². The lowest BCUT2D eigenvalue weighted by atomic mass is 10.0. The molecule has 0 aliphatic carbocycles. The first kappa shape index (κ1) is 19.9. The second kappa shape index (κ2) is 8.24. The molecule has 0 bridgehead atoms. The monoisotopic (exact) mass is 438 g/mol. The molecule has 0 saturated carbocycles. The number of aromatic nitrogens is 2. The Morgan fingerprint density at radius 1 is 0.875 bits per heavy atom. The minimum Gasteiger partial charge on any atom is -0.497 e. The molecule has 0 unspecified atom stereocenters. The molecule has 0 radical (unpaired) electrons. The van der Waals surface area contributed by atoms with E-state index in [1.165, 1.54) is 0 Å². The van der Waals surface area contributed by atoms with Crippen LogP contribution in [0.25, 0.3) is 16.1 Å². The Morgan fingerprint density at radius 3 is 2.31 bits per heavy atom. The van der Waals surface area contributed by atoms with Gasteiger partial charge in [-0.2, -0.15) is 0 Å². The van der Waals surface area contributed by atoms with E-state index in [2.05, 4.69) is 4.98 Å². The molecule has 0 fully saturated rings. The predicted molar refractivity (Wildman–Crippen MR) is 125 cm³/mol. The van der Waals surface area contributed by atoms with Gasteiger partial charge in [0.2, 0.25) is 5.78 Å². The first-order valence-electron chi connectivity index (χ1n) is 9.99. The van der Waals surface area contributed by atoms with Crippen LogP contribution in [0.3, 0.4) is 0 Å². The Balaban J connectivity index is 1.67. The van der Waals surface area contributed by atoms with Crippen molar-refractivity contribution in [3.05, 3.63) is 113 Å². The van der Waals surface area contributed by atoms with Gasteiger partial charge in [0.05, 0.1) is 28.9 Å². The largest absolute Gasteiger partial charge is 0.497 e. The third-order valence-corrected chi connectivity index (χ3v) is 6.19. The van der Waals surface area contributed by atoms with Crippen LogP contribution in [0.2, 0.25) is 0 Å². The van der Waals surface area contributed by atoms with Gasteiger partial charge in [-0.05, 0) is 47.8 Å². The molecule has 0 atom stereocenters. The van der Waals surface area contributed by atoms with Crippen LogP contribution in [0.15, 0.2) is 90.6 Å². The number of rotatable bonds is 6. The average molecular weight is 439 g/mol. The van der Waals surface area contributed by atoms with Gasteiger partial charge in [-0.3, -0.25) is 14.0 Å². The Morgan fingerprint density at radius 2 is 1.62 bits per heavy atom. The molecular formula is C26H18N2O3S. The number of fused-ring (bicyclic) bond motifs is 1. The second-order valence-electron chi connectivity index (χ2n) is 7.20. The predicted octanol–water partition coefficient (Wildman–Crippen LogP) is 5.53. The van der Waals surface area contributed by atoms with E-state index in [9.17, 15) is 9.59 Å². The summed E-state index contributed by atoms with van der Waals surface area (Å²) < 4.78 is 6.88. The van der Waals surface area contributed by atoms with E-state index in [-0.39, 0.29) is 11.6 Å². The zero-order chi connectivity index (χ0) is 22.1. The number of hydrogen-bond acceptors (Lipinski definition) is 5. The summed E-state index contributed by atoms with van der Waals surface area (Å²) in [6, 6.07) is 23.5. The maximum absolute atomic E-state index is 13.4. The van der Waals surface area contributed by atoms with E-state index < -0.39 is 0 Å². The van der Waals surface area contributed by atoms with Gasteiger partial charge in [-0.25, -0.2) is 4.98 Å². The molecule has 6 heteroatoms. The molecule has 0 saturated heterocycles. The molecule has 3 aromatic heterocycles. The summed E-state index contributed by atoms with van der Waals surface area (Å²) in [5.41, 5.74) is 3.33. The maximum Gasteiger partial charge on any atom is 0.209 e. The van der Waals surface area contributed by atoms with Crippen LogP contribution < -0.4 is 4.74 Å². The Labute approximate surface area is 188 Å². The molecule has 156 valence electrons. The highest BCUT2D eigenvalue weighted by Crippen LogP contribution is 2.28. The van der Waals surface area contributed by atoms with Gasteiger partial charge in [0.25, 0.3) is 0 Å². The van der Waals surface area contributed by atoms with Crippen molar-refractivity contribution in [1.82, 2.24) is 9.38 Å². The molecule has 32 heavy (non-hydrogen) atoms. The number of benzene rings is 2. The van der Waals surface area contributed by atoms with E-state index in [0.29, 0.717) is 33.7 Å². The summed E-state index contributed by atoms with van der Waals surface area (Å²) in [6.45, 7) is 0. The molecule has 3 heterocycles. The summed E-state index contributed by atoms with van der Waals surface area (Å²) in [5, 5.41) is 1.98. The first-order chi connectivity index (χ1) is 15.7. The summed E-state index contributed by atoms with van der Waals surface area (Å²) in [6.07, 6.45) is 1.61. The lowest BCUT2D eigenvalue weighted by Crippen LogP contribution is -2.05. The van der Waals surface area contributed by atoms with Gasteiger partial charge in [0.1, 0.15) is 12.1 Å². The smallest absolute Gasteiger partial charge is 0.209 e. The topological polar surface area (TPSA) is 60.7 Å². The molecular weight excluding hydrogens is 420 g/mol. The molecule has 5 nitrogen and oxygen atoms in total. The van der Waals surface area contributed by atoms with Crippen molar-refractivity contribution < 1.29 is 14.3 Å². The van der Waals surface area contributed by atoms with Gasteiger partial charge in [-0.15, -0.1) is 11.3 Å². The number of ketones is 2. The van der Waals surface area contributed by atoms with Crippen molar-refractivity contribution in [2.24, 2.45) is 0 Å². The number of nitrogens with zero attached hydrogens (tertiary/aromatic N) is 2. The van der Waals surface area contributed by atoms with Gasteiger partial charge in [-0.1, -0.05) is 36.4 Å². The molecule has 2 aromatic carbocycles. The van der Waals surface area contributed by atoms with Gasteiger partial charge >= 0.3 is 0 Å². The van der Waals surface area contributed by atoms with Crippen LogP contribution in [0.4, 0.5) is 0 Å². The Hall–Kier alpha value is -4.03. The van der Waals surface area contributed by atoms with Crippen LogP contribution in [0.1, 0.15) is 32.0 Å². The van der Waals surface area contributed by atoms with Crippen molar-refractivity contribution in [3.8, 4) is 16.3 Å². The summed E-state index contributed by atoms with van der Waals surface area (Å²) in [5.74, 6) is 0.337. The molecule has 0 spiro atoms. The Bertz CT molecular complexity index is 1420. The van der Waals surface area contributed by atoms with E-state index in [0.717, 1.165) is 10.6 Å². The minimum atomic E-state index is -0.194. The number of hydrogen-bond donors (Lipinski definition) is 0. The van der Waals surface area contributed by atoms with Crippen LogP contribution in [0.5, 0.6) is 5.75 Å². The molecule has 0 N–H and O–H groups in total. The molecule has 5 aromatic rings. The third-order valence-electron chi connectivity index (χ3n) is 5.30. The zero-order valence-electron chi connectivity index (χ0n) is 17.2. The summed E-state index contributed by atoms with van der Waals surface area (Å²) >= 11 is 1.57. The quantitative estimate of drug-likeness (QED) is 0.327. The maximum atomic E-state index is 13.4. The minimum absolute atomic E-state index is 0.139. The van der Waals surface area contributed by atoms with Crippen LogP contribution in [0, 0.1) is 0 Å². The molecule has 0 aliphatic rings. The first-order valence-corrected chi connectivity index (χ1v) is 10.9. The lowest BCUT2D eigenvalue weighted by molar-refractivity contribution is 0.103. The van der Waals surface area contributed by atoms with E-state index in [1.807, 2.05) is 41.8 Å². The normalized spacial score (nSPS) is 10.9. The average Bonchev–Trinajstić information content (AvgIpc) is 3.52. The SMILES string of the molecule is COc1ccc(C(=O)c2cc(C(=O)c3ccccc3)c3cc(-c4cccs4)ncn23)cc1. The fourth-order valence-electron chi connectivity index (χ4n) is 3.65. The standard InChI is InChI=1S/C26H18N2O3S/c1-31-19-11-9-18(10-12-19)26(30)23-14-20(25(29)17-6-3-2-4-7-17)22-15-21(27-16-28(22)23)24-8-5-13-32-24/h2-16H,1H3. The van der Waals surface area contributed by atoms with Crippen LogP contribution >= 0.6 is 11.3 Å². The van der Waals surface area contributed by atoms with Gasteiger partial charge in [0, 0.05) is 16.7 Å². The number of ether oxygens (including phenoxy) is 1. The van der Waals surface area contributed by atoms with Crippen LogP contribution in [-0.4, -0.2) is 28.1 Å². The Kier molecular flexibility index (Phi) is 5.13. The third kappa shape index (κ3) is 3.50. The fraction of sp³-hybridized carbons (Fsp3) is 0.0385. The van der Waals surface area contributed by atoms with Crippen LogP contribution in [-0.2, 0) is 0 Å². The fourth-order valence-corrected chi connectivity index (χ4v) is 4.34. The highest BCUT2D eigenvalue weighted by Gasteiger charge is 2.22. The van der Waals surface area contributed by atoms with E-state index >= 15 is 0 Å². The second-order valence-corrected chi connectivity index (χ2v) is 8.15. The summed E-state index contributed by atoms with van der Waals surface area (Å²) in [4.78, 5) is 32.2. The van der Waals surface area contributed by atoms with E-state index in [1.54, 1.807) is 71.6 Å². The number of thiophene rings is 1. The molecule has 0 aliphatic heterocycles. The van der Waals surface area contributed by atoms with Crippen molar-refractivity contribution in [2.45, 2.75) is 0 Å². The zero-order valence-corrected chi connectivity index (χ0v) is 18.0. The highest BCUT2D eigenvalue weighted by atomic mass is 32.1. The van der Waals surface area contributed by atoms with Crippen molar-refractivity contribution in [1.29, 1.82) is 0 Å². The highest BCUT2D eigenvalue weighted by molar-refractivity contribution is 7.13. The van der Waals surface area contributed by atoms with E-state index in [4.69, 9.17) is 4.74 Å². The van der Waals surface area contributed by atoms with Crippen molar-refractivity contribution in [2.75, 3.05) is 7.11 Å². The summed E-state index contributed by atoms with van der Waals surface area (Å²) in [7, 11) is 1.58. The molecule has 0 amide bonds. The van der Waals surface area contributed by atoms with Crippen molar-refractivity contribution >= 4 is 28.4 Å². The van der Waals surface area contributed by atoms with Gasteiger partial charge in [0.15, 0.2) is 5.78 Å². The van der Waals surface area contributed by atoms with Crippen molar-refractivity contribution in [3.63, 3.8) is 0 Å². The lowest BCUT2D eigenvalue weighted by Gasteiger charge is -2.05. The number of methoxy groups -OCH3 is 1. The molecule has 5 rings (SSSR count). The number of carbonyl (C=O) groups excluding carboxylic acids is 2. The number of carbonyl (C=O) groups is 2.